The van der Waals surface area contributed by atoms with Crippen LogP contribution in [0.25, 0.3) is 0 Å². The zero-order chi connectivity index (χ0) is 19.4. The maximum absolute atomic E-state index is 12.7. The molecule has 27 heavy (non-hydrogen) atoms. The summed E-state index contributed by atoms with van der Waals surface area (Å²) in [6, 6.07) is 10.2. The average Bonchev–Trinajstić information content (AvgIpc) is 2.66. The Hall–Kier alpha value is -3.07. The van der Waals surface area contributed by atoms with Crippen molar-refractivity contribution >= 4 is 27.5 Å². The molecule has 0 amide bonds. The lowest BCUT2D eigenvalue weighted by molar-refractivity contribution is -0.120. The highest BCUT2D eigenvalue weighted by atomic mass is 32.2. The third-order valence-electron chi connectivity index (χ3n) is 3.62. The fraction of sp³-hybridized carbons (Fsp3) is 0.222. The van der Waals surface area contributed by atoms with Crippen LogP contribution in [-0.2, 0) is 19.6 Å². The number of sulfonamides is 1. The molecule has 0 bridgehead atoms. The van der Waals surface area contributed by atoms with E-state index in [1.807, 2.05) is 0 Å². The van der Waals surface area contributed by atoms with Gasteiger partial charge in [0.2, 0.25) is 0 Å². The summed E-state index contributed by atoms with van der Waals surface area (Å²) in [6.07, 6.45) is 0. The van der Waals surface area contributed by atoms with E-state index in [4.69, 9.17) is 14.2 Å². The molecule has 2 aromatic rings. The Morgan fingerprint density at radius 2 is 1.78 bits per heavy atom. The van der Waals surface area contributed by atoms with E-state index in [2.05, 4.69) is 4.72 Å². The molecule has 0 saturated heterocycles. The van der Waals surface area contributed by atoms with Gasteiger partial charge in [0.05, 0.1) is 16.1 Å². The fourth-order valence-corrected chi connectivity index (χ4v) is 3.48. The van der Waals surface area contributed by atoms with Gasteiger partial charge < -0.3 is 14.2 Å². The second-order valence-electron chi connectivity index (χ2n) is 5.73. The van der Waals surface area contributed by atoms with Crippen LogP contribution in [0.15, 0.2) is 47.4 Å². The van der Waals surface area contributed by atoms with Gasteiger partial charge in [-0.3, -0.25) is 9.52 Å². The minimum Gasteiger partial charge on any atom is -0.486 e. The van der Waals surface area contributed by atoms with E-state index in [0.29, 0.717) is 24.7 Å². The number of nitrogens with one attached hydrogen (secondary N) is 1. The summed E-state index contributed by atoms with van der Waals surface area (Å²) in [5.41, 5.74) is 0.0424. The molecule has 1 aliphatic heterocycles. The van der Waals surface area contributed by atoms with Gasteiger partial charge in [0.25, 0.3) is 10.0 Å². The zero-order valence-electron chi connectivity index (χ0n) is 14.4. The largest absolute Gasteiger partial charge is 0.486 e. The van der Waals surface area contributed by atoms with E-state index in [9.17, 15) is 18.0 Å². The van der Waals surface area contributed by atoms with Gasteiger partial charge in [0, 0.05) is 6.07 Å². The first-order chi connectivity index (χ1) is 12.9. The van der Waals surface area contributed by atoms with Crippen LogP contribution < -0.4 is 14.2 Å². The zero-order valence-corrected chi connectivity index (χ0v) is 15.2. The number of carbonyl (C=O) groups excluding carboxylic acids is 2. The first kappa shape index (κ1) is 18.7. The molecule has 0 fully saturated rings. The summed E-state index contributed by atoms with van der Waals surface area (Å²) >= 11 is 0. The van der Waals surface area contributed by atoms with E-state index in [0.717, 1.165) is 0 Å². The topological polar surface area (TPSA) is 108 Å². The number of Topliss-reactive ketones (excluding diaryl/α,β-unsaturated/α-hetero) is 1. The van der Waals surface area contributed by atoms with Gasteiger partial charge in [-0.05, 0) is 31.2 Å². The van der Waals surface area contributed by atoms with Gasteiger partial charge in [-0.1, -0.05) is 12.1 Å². The SMILES string of the molecule is CC(=O)COC(=O)c1ccccc1NS(=O)(=O)c1ccc2c(c1)OCCO2. The maximum atomic E-state index is 12.7. The first-order valence-electron chi connectivity index (χ1n) is 8.05. The van der Waals surface area contributed by atoms with Crippen LogP contribution in [0.3, 0.4) is 0 Å². The van der Waals surface area contributed by atoms with E-state index in [-0.39, 0.29) is 28.5 Å². The van der Waals surface area contributed by atoms with Crippen molar-refractivity contribution in [3.05, 3.63) is 48.0 Å². The molecule has 2 aromatic carbocycles. The molecule has 0 spiro atoms. The minimum absolute atomic E-state index is 0.000122. The number of ketones is 1. The number of fused-ring (bicyclic) bond motifs is 1. The van der Waals surface area contributed by atoms with Gasteiger partial charge in [-0.15, -0.1) is 0 Å². The summed E-state index contributed by atoms with van der Waals surface area (Å²) in [7, 11) is -3.99. The number of carbonyl (C=O) groups is 2. The number of ether oxygens (including phenoxy) is 3. The van der Waals surface area contributed by atoms with Crippen LogP contribution in [0, 0.1) is 0 Å². The standard InChI is InChI=1S/C18H17NO7S/c1-12(20)11-26-18(21)14-4-2-3-5-15(14)19-27(22,23)13-6-7-16-17(10-13)25-9-8-24-16/h2-7,10,19H,8-9,11H2,1H3. The molecule has 0 saturated carbocycles. The lowest BCUT2D eigenvalue weighted by atomic mass is 10.2. The van der Waals surface area contributed by atoms with E-state index < -0.39 is 16.0 Å². The Bertz CT molecular complexity index is 985. The number of esters is 1. The van der Waals surface area contributed by atoms with Gasteiger partial charge in [-0.25, -0.2) is 13.2 Å². The van der Waals surface area contributed by atoms with Crippen LogP contribution in [0.2, 0.25) is 0 Å². The molecule has 0 unspecified atom stereocenters. The second kappa shape index (κ2) is 7.67. The molecule has 0 aromatic heterocycles. The van der Waals surface area contributed by atoms with Crippen molar-refractivity contribution in [2.75, 3.05) is 24.5 Å². The van der Waals surface area contributed by atoms with Gasteiger partial charge in [0.1, 0.15) is 19.8 Å². The van der Waals surface area contributed by atoms with E-state index >= 15 is 0 Å². The summed E-state index contributed by atoms with van der Waals surface area (Å²) in [6.45, 7) is 1.62. The Balaban J connectivity index is 1.86. The van der Waals surface area contributed by atoms with Crippen LogP contribution in [0.4, 0.5) is 5.69 Å². The molecule has 142 valence electrons. The van der Waals surface area contributed by atoms with Gasteiger partial charge >= 0.3 is 5.97 Å². The molecule has 1 aliphatic rings. The summed E-state index contributed by atoms with van der Waals surface area (Å²) in [4.78, 5) is 23.1. The monoisotopic (exact) mass is 391 g/mol. The molecule has 0 radical (unpaired) electrons. The van der Waals surface area contributed by atoms with Crippen molar-refractivity contribution in [1.82, 2.24) is 0 Å². The Kier molecular flexibility index (Phi) is 5.31. The molecule has 1 heterocycles. The number of para-hydroxylation sites is 1. The molecule has 1 N–H and O–H groups in total. The summed E-state index contributed by atoms with van der Waals surface area (Å²) in [5, 5.41) is 0. The predicted molar refractivity (Wildman–Crippen MR) is 95.6 cm³/mol. The molecule has 9 heteroatoms. The smallest absolute Gasteiger partial charge is 0.340 e. The Morgan fingerprint density at radius 3 is 2.52 bits per heavy atom. The fourth-order valence-electron chi connectivity index (χ4n) is 2.39. The van der Waals surface area contributed by atoms with E-state index in [1.165, 1.54) is 37.3 Å². The molecule has 0 aliphatic carbocycles. The lowest BCUT2D eigenvalue weighted by Gasteiger charge is -2.19. The molecule has 0 atom stereocenters. The highest BCUT2D eigenvalue weighted by Gasteiger charge is 2.22. The molecule has 3 rings (SSSR count). The first-order valence-corrected chi connectivity index (χ1v) is 9.53. The Labute approximate surface area is 156 Å². The lowest BCUT2D eigenvalue weighted by Crippen LogP contribution is -2.19. The van der Waals surface area contributed by atoms with Crippen LogP contribution in [-0.4, -0.2) is 40.0 Å². The number of anilines is 1. The third kappa shape index (κ3) is 4.37. The maximum Gasteiger partial charge on any atom is 0.340 e. The van der Waals surface area contributed by atoms with Crippen molar-refractivity contribution in [1.29, 1.82) is 0 Å². The highest BCUT2D eigenvalue weighted by Crippen LogP contribution is 2.33. The summed E-state index contributed by atoms with van der Waals surface area (Å²) < 4.78 is 43.4. The number of rotatable bonds is 6. The van der Waals surface area contributed by atoms with Gasteiger partial charge in [-0.2, -0.15) is 0 Å². The minimum atomic E-state index is -3.99. The average molecular weight is 391 g/mol. The number of benzene rings is 2. The highest BCUT2D eigenvalue weighted by molar-refractivity contribution is 7.92. The van der Waals surface area contributed by atoms with Crippen LogP contribution >= 0.6 is 0 Å². The van der Waals surface area contributed by atoms with Crippen molar-refractivity contribution in [2.24, 2.45) is 0 Å². The van der Waals surface area contributed by atoms with Crippen molar-refractivity contribution in [2.45, 2.75) is 11.8 Å². The second-order valence-corrected chi connectivity index (χ2v) is 7.42. The number of hydrogen-bond donors (Lipinski definition) is 1. The van der Waals surface area contributed by atoms with Crippen LogP contribution in [0.5, 0.6) is 11.5 Å². The van der Waals surface area contributed by atoms with Crippen molar-refractivity contribution < 1.29 is 32.2 Å². The van der Waals surface area contributed by atoms with Crippen molar-refractivity contribution in [3.8, 4) is 11.5 Å². The van der Waals surface area contributed by atoms with E-state index in [1.54, 1.807) is 12.1 Å². The Morgan fingerprint density at radius 1 is 1.07 bits per heavy atom. The summed E-state index contributed by atoms with van der Waals surface area (Å²) in [5.74, 6) is -0.324. The normalized spacial score (nSPS) is 12.9. The van der Waals surface area contributed by atoms with Crippen LogP contribution in [0.1, 0.15) is 17.3 Å². The molecular formula is C18H17NO7S. The molecule has 8 nitrogen and oxygen atoms in total. The third-order valence-corrected chi connectivity index (χ3v) is 4.98. The van der Waals surface area contributed by atoms with Gasteiger partial charge in [0.15, 0.2) is 17.3 Å². The molecular weight excluding hydrogens is 374 g/mol. The van der Waals surface area contributed by atoms with Crippen molar-refractivity contribution in [3.63, 3.8) is 0 Å². The predicted octanol–water partition coefficient (Wildman–Crippen LogP) is 2.00. The quantitative estimate of drug-likeness (QED) is 0.750. The number of hydrogen-bond acceptors (Lipinski definition) is 7.